The van der Waals surface area contributed by atoms with Crippen molar-refractivity contribution in [2.24, 2.45) is 4.99 Å². The fourth-order valence-corrected chi connectivity index (χ4v) is 0.945. The first-order valence-corrected chi connectivity index (χ1v) is 4.32. The van der Waals surface area contributed by atoms with Crippen LogP contribution in [0.4, 0.5) is 0 Å². The minimum atomic E-state index is -0.524. The summed E-state index contributed by atoms with van der Waals surface area (Å²) in [5, 5.41) is 0. The number of hydrogen-bond acceptors (Lipinski definition) is 4. The first-order valence-electron chi connectivity index (χ1n) is 4.32. The van der Waals surface area contributed by atoms with E-state index < -0.39 is 11.7 Å². The van der Waals surface area contributed by atoms with Gasteiger partial charge in [0, 0.05) is 6.21 Å². The summed E-state index contributed by atoms with van der Waals surface area (Å²) < 4.78 is 10.3. The van der Waals surface area contributed by atoms with Gasteiger partial charge in [0.05, 0.1) is 13.2 Å². The van der Waals surface area contributed by atoms with E-state index in [4.69, 9.17) is 9.47 Å². The zero-order valence-electron chi connectivity index (χ0n) is 8.24. The van der Waals surface area contributed by atoms with Crippen molar-refractivity contribution in [2.45, 2.75) is 32.5 Å². The van der Waals surface area contributed by atoms with Crippen LogP contribution in [0, 0.1) is 0 Å². The van der Waals surface area contributed by atoms with E-state index in [1.54, 1.807) is 6.21 Å². The van der Waals surface area contributed by atoms with Crippen molar-refractivity contribution in [1.29, 1.82) is 0 Å². The van der Waals surface area contributed by atoms with Gasteiger partial charge in [-0.15, -0.1) is 0 Å². The first kappa shape index (κ1) is 10.2. The number of hydrogen-bond donors (Lipinski definition) is 0. The summed E-state index contributed by atoms with van der Waals surface area (Å²) in [7, 11) is 0. The van der Waals surface area contributed by atoms with E-state index in [0.717, 1.165) is 0 Å². The predicted molar refractivity (Wildman–Crippen MR) is 48.9 cm³/mol. The van der Waals surface area contributed by atoms with Crippen LogP contribution in [0.3, 0.4) is 0 Å². The molecule has 1 rings (SSSR count). The van der Waals surface area contributed by atoms with E-state index in [2.05, 4.69) is 4.99 Å². The van der Waals surface area contributed by atoms with Crippen molar-refractivity contribution in [2.75, 3.05) is 13.2 Å². The number of carbonyl (C=O) groups is 1. The van der Waals surface area contributed by atoms with Crippen LogP contribution >= 0.6 is 0 Å². The molecule has 1 heterocycles. The molecule has 0 saturated carbocycles. The molecule has 1 aliphatic rings. The van der Waals surface area contributed by atoms with Gasteiger partial charge in [0.2, 0.25) is 0 Å². The Morgan fingerprint density at radius 3 is 2.77 bits per heavy atom. The molecule has 0 spiro atoms. The molecule has 4 heteroatoms. The van der Waals surface area contributed by atoms with Gasteiger partial charge in [-0.3, -0.25) is 4.99 Å². The highest BCUT2D eigenvalue weighted by Crippen LogP contribution is 2.10. The summed E-state index contributed by atoms with van der Waals surface area (Å²) in [6.45, 7) is 6.25. The molecule has 0 aliphatic carbocycles. The minimum Gasteiger partial charge on any atom is -0.458 e. The first-order chi connectivity index (χ1) is 5.99. The molecule has 1 aliphatic heterocycles. The lowest BCUT2D eigenvalue weighted by atomic mass is 10.2. The van der Waals surface area contributed by atoms with Crippen molar-refractivity contribution in [3.63, 3.8) is 0 Å². The Balaban J connectivity index is 2.43. The number of nitrogens with zero attached hydrogens (tertiary/aromatic N) is 1. The minimum absolute atomic E-state index is 0.329. The molecule has 4 nitrogen and oxygen atoms in total. The number of carbonyl (C=O) groups excluding carboxylic acids is 1. The Labute approximate surface area is 77.9 Å². The Kier molecular flexibility index (Phi) is 3.03. The Morgan fingerprint density at radius 1 is 1.62 bits per heavy atom. The molecule has 0 aromatic heterocycles. The maximum Gasteiger partial charge on any atom is 0.337 e. The molecule has 0 fully saturated rings. The third-order valence-electron chi connectivity index (χ3n) is 1.44. The van der Waals surface area contributed by atoms with Crippen LogP contribution in [0.1, 0.15) is 20.8 Å². The Bertz CT molecular complexity index is 217. The van der Waals surface area contributed by atoms with E-state index in [1.807, 2.05) is 20.8 Å². The zero-order chi connectivity index (χ0) is 9.90. The van der Waals surface area contributed by atoms with Gasteiger partial charge >= 0.3 is 5.97 Å². The molecule has 0 radical (unpaired) electrons. The lowest BCUT2D eigenvalue weighted by Crippen LogP contribution is -2.37. The summed E-state index contributed by atoms with van der Waals surface area (Å²) >= 11 is 0. The highest BCUT2D eigenvalue weighted by Gasteiger charge is 2.26. The molecule has 0 saturated heterocycles. The lowest BCUT2D eigenvalue weighted by molar-refractivity contribution is -0.167. The standard InChI is InChI=1S/C9H15NO3/c1-9(2,3)13-8(11)7-6-10-4-5-12-7/h4,7H,5-6H2,1-3H3. The zero-order valence-corrected chi connectivity index (χ0v) is 8.24. The normalized spacial score (nSPS) is 22.8. The SMILES string of the molecule is CC(C)(C)OC(=O)C1CN=CCO1. The summed E-state index contributed by atoms with van der Waals surface area (Å²) in [6, 6.07) is 0. The van der Waals surface area contributed by atoms with Crippen LogP contribution in [-0.2, 0) is 14.3 Å². The van der Waals surface area contributed by atoms with Crippen molar-refractivity contribution in [1.82, 2.24) is 0 Å². The number of esters is 1. The predicted octanol–water partition coefficient (Wildman–Crippen LogP) is 0.798. The highest BCUT2D eigenvalue weighted by atomic mass is 16.6. The second-order valence-corrected chi connectivity index (χ2v) is 3.90. The van der Waals surface area contributed by atoms with Crippen molar-refractivity contribution in [3.8, 4) is 0 Å². The van der Waals surface area contributed by atoms with Crippen molar-refractivity contribution in [3.05, 3.63) is 0 Å². The molecular weight excluding hydrogens is 170 g/mol. The quantitative estimate of drug-likeness (QED) is 0.568. The summed E-state index contributed by atoms with van der Waals surface area (Å²) in [4.78, 5) is 15.4. The van der Waals surface area contributed by atoms with Crippen LogP contribution in [0.2, 0.25) is 0 Å². The van der Waals surface area contributed by atoms with Gasteiger partial charge < -0.3 is 9.47 Å². The van der Waals surface area contributed by atoms with Crippen molar-refractivity contribution >= 4 is 12.2 Å². The topological polar surface area (TPSA) is 47.9 Å². The summed E-state index contributed by atoms with van der Waals surface area (Å²) in [6.07, 6.45) is 1.13. The second kappa shape index (κ2) is 3.87. The number of aliphatic imine (C=N–C) groups is 1. The average molecular weight is 185 g/mol. The van der Waals surface area contributed by atoms with Gasteiger partial charge in [-0.2, -0.15) is 0 Å². The van der Waals surface area contributed by atoms with Crippen molar-refractivity contribution < 1.29 is 14.3 Å². The van der Waals surface area contributed by atoms with Crippen LogP contribution in [0.25, 0.3) is 0 Å². The highest BCUT2D eigenvalue weighted by molar-refractivity contribution is 5.76. The molecule has 13 heavy (non-hydrogen) atoms. The van der Waals surface area contributed by atoms with E-state index in [-0.39, 0.29) is 5.97 Å². The molecule has 0 aromatic carbocycles. The fraction of sp³-hybridized carbons (Fsp3) is 0.778. The van der Waals surface area contributed by atoms with Gasteiger partial charge in [-0.05, 0) is 20.8 Å². The Hall–Kier alpha value is -0.900. The third-order valence-corrected chi connectivity index (χ3v) is 1.44. The van der Waals surface area contributed by atoms with Crippen LogP contribution in [0.5, 0.6) is 0 Å². The van der Waals surface area contributed by atoms with Gasteiger partial charge in [0.15, 0.2) is 6.10 Å². The molecule has 74 valence electrons. The summed E-state index contributed by atoms with van der Waals surface area (Å²) in [5.74, 6) is -0.329. The van der Waals surface area contributed by atoms with E-state index >= 15 is 0 Å². The van der Waals surface area contributed by atoms with Gasteiger partial charge in [0.25, 0.3) is 0 Å². The fourth-order valence-electron chi connectivity index (χ4n) is 0.945. The van der Waals surface area contributed by atoms with E-state index in [0.29, 0.717) is 13.2 Å². The molecule has 0 amide bonds. The monoisotopic (exact) mass is 185 g/mol. The third kappa shape index (κ3) is 3.55. The maximum atomic E-state index is 11.4. The maximum absolute atomic E-state index is 11.4. The molecule has 0 aromatic rings. The smallest absolute Gasteiger partial charge is 0.337 e. The van der Waals surface area contributed by atoms with E-state index in [1.165, 1.54) is 0 Å². The molecule has 1 atom stereocenters. The number of ether oxygens (including phenoxy) is 2. The number of rotatable bonds is 1. The van der Waals surface area contributed by atoms with Gasteiger partial charge in [-0.1, -0.05) is 0 Å². The van der Waals surface area contributed by atoms with Crippen LogP contribution in [-0.4, -0.2) is 37.0 Å². The van der Waals surface area contributed by atoms with Crippen LogP contribution in [0.15, 0.2) is 4.99 Å². The van der Waals surface area contributed by atoms with E-state index in [9.17, 15) is 4.79 Å². The molecular formula is C9H15NO3. The lowest BCUT2D eigenvalue weighted by Gasteiger charge is -2.24. The van der Waals surface area contributed by atoms with Gasteiger partial charge in [0.1, 0.15) is 5.60 Å². The second-order valence-electron chi connectivity index (χ2n) is 3.90. The average Bonchev–Trinajstić information content (AvgIpc) is 2.03. The largest absolute Gasteiger partial charge is 0.458 e. The van der Waals surface area contributed by atoms with Gasteiger partial charge in [-0.25, -0.2) is 4.79 Å². The molecule has 0 bridgehead atoms. The van der Waals surface area contributed by atoms with Crippen LogP contribution < -0.4 is 0 Å². The Morgan fingerprint density at radius 2 is 2.31 bits per heavy atom. The molecule has 1 unspecified atom stereocenters. The summed E-state index contributed by atoms with van der Waals surface area (Å²) in [5.41, 5.74) is -0.457. The molecule has 0 N–H and O–H groups in total.